The second kappa shape index (κ2) is 13.6. The van der Waals surface area contributed by atoms with E-state index in [1.807, 2.05) is 36.4 Å². The zero-order valence-electron chi connectivity index (χ0n) is 25.6. The number of aromatic nitrogens is 1. The summed E-state index contributed by atoms with van der Waals surface area (Å²) in [6.45, 7) is 6.26. The molecule has 0 aliphatic heterocycles. The van der Waals surface area contributed by atoms with Crippen molar-refractivity contribution in [3.05, 3.63) is 136 Å². The Labute approximate surface area is 273 Å². The van der Waals surface area contributed by atoms with E-state index in [1.54, 1.807) is 24.3 Å². The summed E-state index contributed by atoms with van der Waals surface area (Å²) in [6, 6.07) is 29.1. The molecule has 1 atom stereocenters. The molecule has 0 radical (unpaired) electrons. The van der Waals surface area contributed by atoms with Gasteiger partial charge < -0.3 is 9.84 Å². The highest BCUT2D eigenvalue weighted by Gasteiger charge is 2.22. The molecule has 2 N–H and O–H groups in total. The van der Waals surface area contributed by atoms with Crippen LogP contribution >= 0.6 is 11.6 Å². The van der Waals surface area contributed by atoms with Crippen LogP contribution in [0.25, 0.3) is 22.5 Å². The Kier molecular flexibility index (Phi) is 9.76. The summed E-state index contributed by atoms with van der Waals surface area (Å²) in [5.74, 6) is -1.21. The second-order valence-corrected chi connectivity index (χ2v) is 14.2. The Morgan fingerprint density at radius 3 is 2.20 bits per heavy atom. The molecule has 5 rings (SSSR count). The molecule has 1 heterocycles. The van der Waals surface area contributed by atoms with E-state index in [4.69, 9.17) is 20.7 Å². The fourth-order valence-electron chi connectivity index (χ4n) is 5.16. The number of amides is 1. The van der Waals surface area contributed by atoms with Crippen molar-refractivity contribution in [3.63, 3.8) is 0 Å². The van der Waals surface area contributed by atoms with E-state index in [0.717, 1.165) is 16.7 Å². The maximum atomic E-state index is 14.8. The van der Waals surface area contributed by atoms with Crippen molar-refractivity contribution in [1.82, 2.24) is 10.5 Å². The first-order chi connectivity index (χ1) is 21.7. The maximum Gasteiger partial charge on any atom is 0.266 e. The minimum Gasteiger partial charge on any atom is -0.356 e. The summed E-state index contributed by atoms with van der Waals surface area (Å²) in [6.07, 6.45) is 0.532. The number of hydrogen-bond donors (Lipinski definition) is 2. The molecule has 0 fully saturated rings. The number of benzene rings is 4. The van der Waals surface area contributed by atoms with Crippen LogP contribution in [0.3, 0.4) is 0 Å². The van der Waals surface area contributed by atoms with E-state index in [1.165, 1.54) is 17.7 Å². The van der Waals surface area contributed by atoms with E-state index in [2.05, 4.69) is 55.5 Å². The molecule has 238 valence electrons. The van der Waals surface area contributed by atoms with Crippen molar-refractivity contribution in [2.24, 2.45) is 0 Å². The molecule has 1 aromatic heterocycles. The molecule has 1 amide bonds. The molecule has 0 spiro atoms. The summed E-state index contributed by atoms with van der Waals surface area (Å²) in [4.78, 5) is 12.5. The van der Waals surface area contributed by atoms with Crippen molar-refractivity contribution in [2.45, 2.75) is 38.5 Å². The molecule has 5 aromatic rings. The van der Waals surface area contributed by atoms with E-state index in [0.29, 0.717) is 39.6 Å². The molecule has 0 saturated carbocycles. The largest absolute Gasteiger partial charge is 0.356 e. The van der Waals surface area contributed by atoms with E-state index < -0.39 is 27.6 Å². The summed E-state index contributed by atoms with van der Waals surface area (Å²) < 4.78 is 51.4. The van der Waals surface area contributed by atoms with Gasteiger partial charge in [-0.25, -0.2) is 4.39 Å². The molecule has 10 heteroatoms. The van der Waals surface area contributed by atoms with Gasteiger partial charge in [-0.05, 0) is 82.1 Å². The van der Waals surface area contributed by atoms with Crippen molar-refractivity contribution < 1.29 is 26.7 Å². The minimum atomic E-state index is -4.17. The Balaban J connectivity index is 1.43. The lowest BCUT2D eigenvalue weighted by molar-refractivity contribution is 0.0956. The fraction of sp³-hybridized carbons (Fsp3) is 0.222. The van der Waals surface area contributed by atoms with E-state index in [-0.39, 0.29) is 17.9 Å². The first kappa shape index (κ1) is 33.1. The third-order valence-corrected chi connectivity index (χ3v) is 8.70. The van der Waals surface area contributed by atoms with Crippen LogP contribution in [0.15, 0.2) is 102 Å². The van der Waals surface area contributed by atoms with Crippen molar-refractivity contribution in [3.8, 4) is 22.5 Å². The lowest BCUT2D eigenvalue weighted by Gasteiger charge is -2.21. The molecular formula is C36H34ClFN2O5S. The number of carbonyl (C=O) groups excluding carboxylic acids is 1. The normalized spacial score (nSPS) is 12.6. The minimum absolute atomic E-state index is 0.0218. The lowest BCUT2D eigenvalue weighted by Crippen LogP contribution is -2.28. The molecule has 4 aromatic carbocycles. The average Bonchev–Trinajstić information content (AvgIpc) is 3.49. The molecule has 0 aliphatic carbocycles. The molecule has 0 aliphatic rings. The standard InChI is InChI=1S/C36H34ClFN2O5S/c1-36(2,3)29-12-8-25(9-13-29)32(18-23-4-6-26(7-5-23)35(41)39-16-17-46(42,43)44)33-22-34(45-40-33)28-19-27(20-31(38)21-28)24-10-14-30(37)15-11-24/h4-15,19-22,32H,16-18H2,1-3H3,(H,39,41)(H,42,43,44)/t32-/m0/s1. The van der Waals surface area contributed by atoms with E-state index >= 15 is 0 Å². The molecule has 0 bridgehead atoms. The van der Waals surface area contributed by atoms with Gasteiger partial charge in [0.25, 0.3) is 16.0 Å². The number of halogens is 2. The first-order valence-electron chi connectivity index (χ1n) is 14.7. The third-order valence-electron chi connectivity index (χ3n) is 7.73. The highest BCUT2D eigenvalue weighted by molar-refractivity contribution is 7.85. The van der Waals surface area contributed by atoms with Crippen LogP contribution in [-0.2, 0) is 22.0 Å². The zero-order chi connectivity index (χ0) is 33.1. The Bertz CT molecular complexity index is 1930. The Morgan fingerprint density at radius 2 is 1.57 bits per heavy atom. The quantitative estimate of drug-likeness (QED) is 0.147. The van der Waals surface area contributed by atoms with Gasteiger partial charge in [-0.3, -0.25) is 9.35 Å². The van der Waals surface area contributed by atoms with Gasteiger partial charge in [0.2, 0.25) is 0 Å². The Morgan fingerprint density at radius 1 is 0.913 bits per heavy atom. The van der Waals surface area contributed by atoms with Gasteiger partial charge >= 0.3 is 0 Å². The first-order valence-corrected chi connectivity index (χ1v) is 16.7. The lowest BCUT2D eigenvalue weighted by atomic mass is 9.83. The van der Waals surface area contributed by atoms with Crippen LogP contribution < -0.4 is 5.32 Å². The fourth-order valence-corrected chi connectivity index (χ4v) is 5.65. The highest BCUT2D eigenvalue weighted by Crippen LogP contribution is 2.34. The predicted molar refractivity (Wildman–Crippen MR) is 178 cm³/mol. The van der Waals surface area contributed by atoms with Crippen LogP contribution in [0.1, 0.15) is 59.4 Å². The van der Waals surface area contributed by atoms with Crippen molar-refractivity contribution in [1.29, 1.82) is 0 Å². The van der Waals surface area contributed by atoms with Gasteiger partial charge in [0.15, 0.2) is 5.76 Å². The monoisotopic (exact) mass is 660 g/mol. The van der Waals surface area contributed by atoms with Gasteiger partial charge in [0, 0.05) is 34.7 Å². The van der Waals surface area contributed by atoms with Gasteiger partial charge in [0.05, 0.1) is 11.4 Å². The zero-order valence-corrected chi connectivity index (χ0v) is 27.2. The van der Waals surface area contributed by atoms with Gasteiger partial charge in [-0.15, -0.1) is 0 Å². The summed E-state index contributed by atoms with van der Waals surface area (Å²) in [5, 5.41) is 7.51. The van der Waals surface area contributed by atoms with Crippen LogP contribution in [-0.4, -0.2) is 36.3 Å². The van der Waals surface area contributed by atoms with Crippen LogP contribution in [0.4, 0.5) is 4.39 Å². The number of rotatable bonds is 10. The number of nitrogens with one attached hydrogen (secondary N) is 1. The SMILES string of the molecule is CC(C)(C)c1ccc([C@H](Cc2ccc(C(=O)NCCS(=O)(=O)O)cc2)c2cc(-c3cc(F)cc(-c4ccc(Cl)cc4)c3)on2)cc1. The topological polar surface area (TPSA) is 110 Å². The number of carbonyl (C=O) groups is 1. The highest BCUT2D eigenvalue weighted by atomic mass is 35.5. The molecular weight excluding hydrogens is 627 g/mol. The van der Waals surface area contributed by atoms with Gasteiger partial charge in [-0.2, -0.15) is 8.42 Å². The van der Waals surface area contributed by atoms with Crippen LogP contribution in [0.2, 0.25) is 5.02 Å². The van der Waals surface area contributed by atoms with Crippen molar-refractivity contribution >= 4 is 27.6 Å². The summed E-state index contributed by atoms with van der Waals surface area (Å²) in [7, 11) is -4.17. The molecule has 7 nitrogen and oxygen atoms in total. The molecule has 46 heavy (non-hydrogen) atoms. The molecule has 0 saturated heterocycles. The van der Waals surface area contributed by atoms with Crippen LogP contribution in [0, 0.1) is 5.82 Å². The van der Waals surface area contributed by atoms with Crippen LogP contribution in [0.5, 0.6) is 0 Å². The summed E-state index contributed by atoms with van der Waals surface area (Å²) in [5.41, 5.74) is 6.19. The van der Waals surface area contributed by atoms with Gasteiger partial charge in [0.1, 0.15) is 5.82 Å². The maximum absolute atomic E-state index is 14.8. The summed E-state index contributed by atoms with van der Waals surface area (Å²) >= 11 is 6.04. The number of hydrogen-bond acceptors (Lipinski definition) is 5. The smallest absolute Gasteiger partial charge is 0.266 e. The molecule has 0 unspecified atom stereocenters. The van der Waals surface area contributed by atoms with E-state index in [9.17, 15) is 17.6 Å². The number of nitrogens with zero attached hydrogens (tertiary/aromatic N) is 1. The van der Waals surface area contributed by atoms with Crippen molar-refractivity contribution in [2.75, 3.05) is 12.3 Å². The third kappa shape index (κ3) is 8.48. The predicted octanol–water partition coefficient (Wildman–Crippen LogP) is 8.09. The second-order valence-electron chi connectivity index (χ2n) is 12.2. The Hall–Kier alpha value is -4.31. The average molecular weight is 661 g/mol. The van der Waals surface area contributed by atoms with Gasteiger partial charge in [-0.1, -0.05) is 86.1 Å².